The summed E-state index contributed by atoms with van der Waals surface area (Å²) in [5, 5.41) is 3.77. The van der Waals surface area contributed by atoms with Gasteiger partial charge in [-0.15, -0.1) is 0 Å². The maximum absolute atomic E-state index is 13.3. The number of hydrogen-bond donors (Lipinski definition) is 1. The highest BCUT2D eigenvalue weighted by molar-refractivity contribution is 7.90. The number of rotatable bonds is 10. The van der Waals surface area contributed by atoms with Gasteiger partial charge in [0.1, 0.15) is 24.8 Å². The minimum Gasteiger partial charge on any atom is -0.445 e. The third-order valence-corrected chi connectivity index (χ3v) is 11.2. The molecule has 254 valence electrons. The maximum atomic E-state index is 13.3. The quantitative estimate of drug-likeness (QED) is 0.230. The van der Waals surface area contributed by atoms with Crippen LogP contribution in [-0.4, -0.2) is 78.5 Å². The molecule has 0 spiro atoms. The van der Waals surface area contributed by atoms with Gasteiger partial charge in [0.2, 0.25) is 5.91 Å². The number of nitrogens with one attached hydrogen (secondary N) is 1. The van der Waals surface area contributed by atoms with Crippen molar-refractivity contribution < 1.29 is 27.5 Å². The third-order valence-electron chi connectivity index (χ3n) is 8.94. The van der Waals surface area contributed by atoms with Crippen molar-refractivity contribution in [3.63, 3.8) is 0 Å². The van der Waals surface area contributed by atoms with Gasteiger partial charge in [-0.1, -0.05) is 60.6 Å². The van der Waals surface area contributed by atoms with E-state index in [0.717, 1.165) is 23.1 Å². The summed E-state index contributed by atoms with van der Waals surface area (Å²) < 4.78 is 31.2. The first kappa shape index (κ1) is 32.7. The van der Waals surface area contributed by atoms with Crippen molar-refractivity contribution in [1.82, 2.24) is 19.8 Å². The summed E-state index contributed by atoms with van der Waals surface area (Å²) in [6.45, 7) is 3.43. The van der Waals surface area contributed by atoms with Crippen LogP contribution in [0.2, 0.25) is 0 Å². The van der Waals surface area contributed by atoms with Crippen molar-refractivity contribution in [2.75, 3.05) is 42.7 Å². The monoisotopic (exact) mass is 700 g/mol. The summed E-state index contributed by atoms with van der Waals surface area (Å²) in [6, 6.07) is 18.1. The lowest BCUT2D eigenvalue weighted by Gasteiger charge is -2.33. The summed E-state index contributed by atoms with van der Waals surface area (Å²) in [5.74, 6) is 1.07. The van der Waals surface area contributed by atoms with Gasteiger partial charge in [-0.05, 0) is 60.2 Å². The van der Waals surface area contributed by atoms with Crippen molar-refractivity contribution >= 4 is 55.8 Å². The van der Waals surface area contributed by atoms with Crippen LogP contribution in [0.15, 0.2) is 65.6 Å². The molecule has 0 bridgehead atoms. The minimum absolute atomic E-state index is 0.0461. The molecule has 0 atom stereocenters. The first-order valence-electron chi connectivity index (χ1n) is 16.2. The Balaban J connectivity index is 1.04. The number of fused-ring (bicyclic) bond motifs is 1. The number of thiazole rings is 1. The molecular formula is C35H36N6O6S2. The highest BCUT2D eigenvalue weighted by Crippen LogP contribution is 2.40. The van der Waals surface area contributed by atoms with Gasteiger partial charge in [0.25, 0.3) is 5.91 Å². The van der Waals surface area contributed by atoms with Gasteiger partial charge in [-0.2, -0.15) is 0 Å². The zero-order valence-corrected chi connectivity index (χ0v) is 28.8. The molecule has 49 heavy (non-hydrogen) atoms. The van der Waals surface area contributed by atoms with Crippen LogP contribution in [0, 0.1) is 12.8 Å². The average Bonchev–Trinajstić information content (AvgIpc) is 3.77. The Hall–Kier alpha value is -4.82. The molecular weight excluding hydrogens is 665 g/mol. The SMILES string of the molecule is Cc1nc(Nc2cccc(N3CCN(C(=O)OCc4ccccc4)CC3=O)n2)sc1-c1cc2c(c(S(C)(=O)=O)c1)C(=O)N(CCC1CC1)C2. The fraction of sp³-hybridized carbons (Fsp3) is 0.343. The molecule has 0 unspecified atom stereocenters. The fourth-order valence-corrected chi connectivity index (χ4v) is 8.07. The Bertz CT molecular complexity index is 2050. The lowest BCUT2D eigenvalue weighted by molar-refractivity contribution is -0.121. The van der Waals surface area contributed by atoms with Gasteiger partial charge in [-0.25, -0.2) is 23.2 Å². The van der Waals surface area contributed by atoms with Gasteiger partial charge in [0, 0.05) is 32.4 Å². The van der Waals surface area contributed by atoms with Crippen molar-refractivity contribution in [2.24, 2.45) is 5.92 Å². The molecule has 4 heterocycles. The number of piperazine rings is 1. The number of carbonyl (C=O) groups excluding carboxylic acids is 3. The Morgan fingerprint density at radius 3 is 2.55 bits per heavy atom. The van der Waals surface area contributed by atoms with Crippen LogP contribution in [0.3, 0.4) is 0 Å². The van der Waals surface area contributed by atoms with E-state index >= 15 is 0 Å². The summed E-state index contributed by atoms with van der Waals surface area (Å²) in [5.41, 5.74) is 3.24. The smallest absolute Gasteiger partial charge is 0.410 e. The summed E-state index contributed by atoms with van der Waals surface area (Å²) in [4.78, 5) is 53.8. The summed E-state index contributed by atoms with van der Waals surface area (Å²) in [6.07, 6.45) is 3.92. The van der Waals surface area contributed by atoms with Crippen LogP contribution in [0.1, 0.15) is 46.4 Å². The molecule has 1 saturated heterocycles. The minimum atomic E-state index is -3.68. The van der Waals surface area contributed by atoms with E-state index in [2.05, 4.69) is 15.3 Å². The van der Waals surface area contributed by atoms with Gasteiger partial charge in [-0.3, -0.25) is 19.4 Å². The van der Waals surface area contributed by atoms with Crippen LogP contribution in [0.25, 0.3) is 10.4 Å². The van der Waals surface area contributed by atoms with Crippen LogP contribution in [-0.2, 0) is 32.5 Å². The van der Waals surface area contributed by atoms with Crippen molar-refractivity contribution in [1.29, 1.82) is 0 Å². The first-order chi connectivity index (χ1) is 23.5. The molecule has 2 fully saturated rings. The number of hydrogen-bond acceptors (Lipinski definition) is 10. The zero-order chi connectivity index (χ0) is 34.3. The summed E-state index contributed by atoms with van der Waals surface area (Å²) >= 11 is 1.35. The van der Waals surface area contributed by atoms with Crippen LogP contribution >= 0.6 is 11.3 Å². The topological polar surface area (TPSA) is 142 Å². The van der Waals surface area contributed by atoms with Gasteiger partial charge >= 0.3 is 6.09 Å². The molecule has 12 nitrogen and oxygen atoms in total. The van der Waals surface area contributed by atoms with E-state index in [9.17, 15) is 22.8 Å². The molecule has 1 N–H and O–H groups in total. The average molecular weight is 701 g/mol. The molecule has 2 aliphatic heterocycles. The fourth-order valence-electron chi connectivity index (χ4n) is 6.18. The Kier molecular flexibility index (Phi) is 8.84. The number of aromatic nitrogens is 2. The van der Waals surface area contributed by atoms with E-state index in [1.54, 1.807) is 29.2 Å². The highest BCUT2D eigenvalue weighted by atomic mass is 32.2. The molecule has 3 amide bonds. The highest BCUT2D eigenvalue weighted by Gasteiger charge is 2.35. The van der Waals surface area contributed by atoms with Crippen molar-refractivity contribution in [2.45, 2.75) is 44.2 Å². The molecule has 2 aromatic heterocycles. The first-order valence-corrected chi connectivity index (χ1v) is 18.9. The normalized spacial score (nSPS) is 16.2. The Morgan fingerprint density at radius 1 is 1.02 bits per heavy atom. The second kappa shape index (κ2) is 13.2. The predicted octanol–water partition coefficient (Wildman–Crippen LogP) is 5.40. The molecule has 3 aliphatic rings. The van der Waals surface area contributed by atoms with E-state index < -0.39 is 15.9 Å². The number of sulfone groups is 1. The van der Waals surface area contributed by atoms with Crippen molar-refractivity contribution in [3.05, 3.63) is 83.0 Å². The lowest BCUT2D eigenvalue weighted by atomic mass is 10.0. The molecule has 4 aromatic rings. The largest absolute Gasteiger partial charge is 0.445 e. The lowest BCUT2D eigenvalue weighted by Crippen LogP contribution is -2.52. The van der Waals surface area contributed by atoms with E-state index in [0.29, 0.717) is 59.1 Å². The number of nitrogens with zero attached hydrogens (tertiary/aromatic N) is 5. The Labute approximate surface area is 288 Å². The van der Waals surface area contributed by atoms with Crippen LogP contribution in [0.5, 0.6) is 0 Å². The van der Waals surface area contributed by atoms with E-state index in [1.165, 1.54) is 34.0 Å². The second-order valence-electron chi connectivity index (χ2n) is 12.7. The Morgan fingerprint density at radius 2 is 1.82 bits per heavy atom. The maximum Gasteiger partial charge on any atom is 0.410 e. The van der Waals surface area contributed by atoms with E-state index in [-0.39, 0.29) is 42.0 Å². The second-order valence-corrected chi connectivity index (χ2v) is 15.7. The van der Waals surface area contributed by atoms with Gasteiger partial charge < -0.3 is 15.0 Å². The molecule has 2 aromatic carbocycles. The number of benzene rings is 2. The van der Waals surface area contributed by atoms with Crippen LogP contribution < -0.4 is 10.2 Å². The number of anilines is 3. The number of ether oxygens (including phenoxy) is 1. The van der Waals surface area contributed by atoms with E-state index in [4.69, 9.17) is 4.74 Å². The number of amides is 3. The third kappa shape index (κ3) is 7.15. The number of carbonyl (C=O) groups is 3. The predicted molar refractivity (Wildman–Crippen MR) is 186 cm³/mol. The number of aryl methyl sites for hydroxylation is 1. The molecule has 0 radical (unpaired) electrons. The zero-order valence-electron chi connectivity index (χ0n) is 27.2. The molecule has 7 rings (SSSR count). The van der Waals surface area contributed by atoms with Gasteiger partial charge in [0.05, 0.1) is 21.0 Å². The van der Waals surface area contributed by atoms with Crippen molar-refractivity contribution in [3.8, 4) is 10.4 Å². The van der Waals surface area contributed by atoms with Gasteiger partial charge in [0.15, 0.2) is 15.0 Å². The number of pyridine rings is 1. The molecule has 1 aliphatic carbocycles. The van der Waals surface area contributed by atoms with E-state index in [1.807, 2.05) is 43.3 Å². The standard InChI is InChI=1S/C35H36N6O6S2/c1-22-32(25-17-26-19-39(14-13-23-11-12-23)33(43)31(26)27(18-25)49(2,45)46)48-34(36-22)38-28-9-6-10-29(37-28)41-16-15-40(20-30(41)42)35(44)47-21-24-7-4-3-5-8-24/h3-10,17-18,23H,11-16,19-21H2,1-2H3,(H,36,37,38). The molecule has 14 heteroatoms. The molecule has 1 saturated carbocycles. The summed E-state index contributed by atoms with van der Waals surface area (Å²) in [7, 11) is -3.68. The van der Waals surface area contributed by atoms with Crippen LogP contribution in [0.4, 0.5) is 21.6 Å².